The molecule has 2 aromatic rings. The van der Waals surface area contributed by atoms with E-state index in [2.05, 4.69) is 15.5 Å². The molecule has 5 nitrogen and oxygen atoms in total. The second-order valence-electron chi connectivity index (χ2n) is 6.07. The third kappa shape index (κ3) is 4.89. The van der Waals surface area contributed by atoms with Crippen molar-refractivity contribution in [1.29, 1.82) is 0 Å². The van der Waals surface area contributed by atoms with E-state index in [1.165, 1.54) is 49.5 Å². The molecule has 1 aliphatic rings. The Kier molecular flexibility index (Phi) is 6.17. The summed E-state index contributed by atoms with van der Waals surface area (Å²) in [4.78, 5) is 12.1. The number of nitrogens with one attached hydrogen (secondary N) is 1. The van der Waals surface area contributed by atoms with Gasteiger partial charge in [0.1, 0.15) is 10.8 Å². The highest BCUT2D eigenvalue weighted by atomic mass is 32.1. The number of nitrogens with zero attached hydrogens (tertiary/aromatic N) is 2. The summed E-state index contributed by atoms with van der Waals surface area (Å²) in [5.74, 6) is 1.06. The fourth-order valence-corrected chi connectivity index (χ4v) is 3.93. The number of para-hydroxylation sites is 1. The summed E-state index contributed by atoms with van der Waals surface area (Å²) >= 11 is 1.49. The molecule has 6 heteroatoms. The highest BCUT2D eigenvalue weighted by Gasteiger charge is 2.19. The Hall–Kier alpha value is -2.21. The summed E-state index contributed by atoms with van der Waals surface area (Å²) in [7, 11) is 0. The molecule has 0 saturated heterocycles. The molecule has 0 aliphatic heterocycles. The number of hydrogen-bond acceptors (Lipinski definition) is 5. The molecular weight excluding hydrogens is 334 g/mol. The molecule has 0 spiro atoms. The average molecular weight is 357 g/mol. The van der Waals surface area contributed by atoms with Gasteiger partial charge in [-0.3, -0.25) is 10.1 Å². The van der Waals surface area contributed by atoms with E-state index in [0.717, 1.165) is 16.3 Å². The number of rotatable bonds is 6. The number of carbonyl (C=O) groups excluding carboxylic acids is 1. The molecule has 1 amide bonds. The van der Waals surface area contributed by atoms with Crippen molar-refractivity contribution in [2.75, 3.05) is 11.9 Å². The smallest absolute Gasteiger partial charge is 0.250 e. The number of anilines is 1. The van der Waals surface area contributed by atoms with Gasteiger partial charge in [0.25, 0.3) is 0 Å². The second-order valence-corrected chi connectivity index (χ2v) is 7.08. The minimum absolute atomic E-state index is 0.211. The maximum atomic E-state index is 12.1. The second kappa shape index (κ2) is 8.76. The molecule has 132 valence electrons. The predicted molar refractivity (Wildman–Crippen MR) is 101 cm³/mol. The lowest BCUT2D eigenvalue weighted by atomic mass is 9.90. The lowest BCUT2D eigenvalue weighted by Gasteiger charge is -2.18. The highest BCUT2D eigenvalue weighted by Crippen LogP contribution is 2.35. The van der Waals surface area contributed by atoms with Gasteiger partial charge in [-0.05, 0) is 31.9 Å². The molecule has 1 N–H and O–H groups in total. The number of aromatic nitrogens is 2. The number of ether oxygens (including phenoxy) is 1. The van der Waals surface area contributed by atoms with Crippen LogP contribution in [-0.2, 0) is 4.79 Å². The van der Waals surface area contributed by atoms with Crippen molar-refractivity contribution in [2.24, 2.45) is 0 Å². The first-order chi connectivity index (χ1) is 12.3. The van der Waals surface area contributed by atoms with Crippen LogP contribution in [0.25, 0.3) is 6.08 Å². The first kappa shape index (κ1) is 17.6. The Morgan fingerprint density at radius 1 is 1.28 bits per heavy atom. The van der Waals surface area contributed by atoms with Gasteiger partial charge in [0.15, 0.2) is 0 Å². The van der Waals surface area contributed by atoms with Crippen LogP contribution in [0.5, 0.6) is 5.75 Å². The van der Waals surface area contributed by atoms with Gasteiger partial charge < -0.3 is 4.74 Å². The first-order valence-corrected chi connectivity index (χ1v) is 9.62. The van der Waals surface area contributed by atoms with Crippen molar-refractivity contribution < 1.29 is 9.53 Å². The Balaban J connectivity index is 1.60. The van der Waals surface area contributed by atoms with E-state index < -0.39 is 0 Å². The average Bonchev–Trinajstić information content (AvgIpc) is 3.10. The van der Waals surface area contributed by atoms with Crippen LogP contribution in [-0.4, -0.2) is 22.7 Å². The van der Waals surface area contributed by atoms with Crippen LogP contribution in [0.2, 0.25) is 0 Å². The summed E-state index contributed by atoms with van der Waals surface area (Å²) < 4.78 is 5.55. The SMILES string of the molecule is CCOc1ccccc1/C=C/C(=O)Nc1nnc(C2CCCCC2)s1. The zero-order valence-corrected chi connectivity index (χ0v) is 15.2. The Morgan fingerprint density at radius 3 is 2.88 bits per heavy atom. The quantitative estimate of drug-likeness (QED) is 0.765. The molecule has 0 bridgehead atoms. The van der Waals surface area contributed by atoms with E-state index in [4.69, 9.17) is 4.74 Å². The number of carbonyl (C=O) groups is 1. The van der Waals surface area contributed by atoms with E-state index in [1.54, 1.807) is 6.08 Å². The van der Waals surface area contributed by atoms with Gasteiger partial charge in [-0.25, -0.2) is 0 Å². The molecule has 3 rings (SSSR count). The monoisotopic (exact) mass is 357 g/mol. The standard InChI is InChI=1S/C19H23N3O2S/c1-2-24-16-11-7-6-8-14(16)12-13-17(23)20-19-22-21-18(25-19)15-9-4-3-5-10-15/h6-8,11-13,15H,2-5,9-10H2,1H3,(H,20,22,23)/b13-12+. The lowest BCUT2D eigenvalue weighted by molar-refractivity contribution is -0.111. The lowest BCUT2D eigenvalue weighted by Crippen LogP contribution is -2.07. The maximum absolute atomic E-state index is 12.1. The molecule has 1 aromatic carbocycles. The van der Waals surface area contributed by atoms with Gasteiger partial charge in [0, 0.05) is 17.6 Å². The largest absolute Gasteiger partial charge is 0.493 e. The van der Waals surface area contributed by atoms with Gasteiger partial charge in [-0.15, -0.1) is 10.2 Å². The predicted octanol–water partition coefficient (Wildman–Crippen LogP) is 4.64. The van der Waals surface area contributed by atoms with Gasteiger partial charge in [-0.2, -0.15) is 0 Å². The van der Waals surface area contributed by atoms with Crippen molar-refractivity contribution in [3.8, 4) is 5.75 Å². The first-order valence-electron chi connectivity index (χ1n) is 8.80. The van der Waals surface area contributed by atoms with Crippen LogP contribution in [0, 0.1) is 0 Å². The normalized spacial score (nSPS) is 15.4. The topological polar surface area (TPSA) is 64.1 Å². The fraction of sp³-hybridized carbons (Fsp3) is 0.421. The van der Waals surface area contributed by atoms with E-state index in [1.807, 2.05) is 31.2 Å². The van der Waals surface area contributed by atoms with Crippen molar-refractivity contribution in [1.82, 2.24) is 10.2 Å². The summed E-state index contributed by atoms with van der Waals surface area (Å²) in [5.41, 5.74) is 0.875. The van der Waals surface area contributed by atoms with Gasteiger partial charge in [0.05, 0.1) is 6.61 Å². The van der Waals surface area contributed by atoms with Crippen molar-refractivity contribution in [3.05, 3.63) is 40.9 Å². The number of amides is 1. The molecule has 0 unspecified atom stereocenters. The van der Waals surface area contributed by atoms with Gasteiger partial charge in [0.2, 0.25) is 11.0 Å². The van der Waals surface area contributed by atoms with Crippen molar-refractivity contribution in [3.63, 3.8) is 0 Å². The fourth-order valence-electron chi connectivity index (χ4n) is 3.02. The van der Waals surface area contributed by atoms with Crippen LogP contribution in [0.3, 0.4) is 0 Å². The molecule has 1 heterocycles. The Labute approximate surface area is 152 Å². The van der Waals surface area contributed by atoms with Crippen LogP contribution in [0.4, 0.5) is 5.13 Å². The third-order valence-corrected chi connectivity index (χ3v) is 5.26. The maximum Gasteiger partial charge on any atom is 0.250 e. The van der Waals surface area contributed by atoms with Crippen molar-refractivity contribution in [2.45, 2.75) is 44.9 Å². The molecule has 1 saturated carbocycles. The summed E-state index contributed by atoms with van der Waals surface area (Å²) in [5, 5.41) is 12.8. The highest BCUT2D eigenvalue weighted by molar-refractivity contribution is 7.15. The van der Waals surface area contributed by atoms with Crippen LogP contribution in [0.1, 0.15) is 55.5 Å². The van der Waals surface area contributed by atoms with Crippen LogP contribution in [0.15, 0.2) is 30.3 Å². The van der Waals surface area contributed by atoms with E-state index >= 15 is 0 Å². The Morgan fingerprint density at radius 2 is 2.08 bits per heavy atom. The minimum Gasteiger partial charge on any atom is -0.493 e. The molecule has 1 aromatic heterocycles. The molecule has 0 atom stereocenters. The third-order valence-electron chi connectivity index (χ3n) is 4.26. The molecular formula is C19H23N3O2S. The summed E-state index contributed by atoms with van der Waals surface area (Å²) in [6.45, 7) is 2.53. The van der Waals surface area contributed by atoms with Crippen molar-refractivity contribution >= 4 is 28.5 Å². The van der Waals surface area contributed by atoms with Crippen LogP contribution >= 0.6 is 11.3 Å². The van der Waals surface area contributed by atoms with E-state index in [9.17, 15) is 4.79 Å². The molecule has 25 heavy (non-hydrogen) atoms. The molecule has 1 aliphatic carbocycles. The van der Waals surface area contributed by atoms with E-state index in [0.29, 0.717) is 17.7 Å². The van der Waals surface area contributed by atoms with Crippen LogP contribution < -0.4 is 10.1 Å². The molecule has 1 fully saturated rings. The summed E-state index contributed by atoms with van der Waals surface area (Å²) in [6, 6.07) is 7.64. The number of hydrogen-bond donors (Lipinski definition) is 1. The summed E-state index contributed by atoms with van der Waals surface area (Å²) in [6.07, 6.45) is 9.44. The zero-order valence-electron chi connectivity index (χ0n) is 14.4. The number of benzene rings is 1. The molecule has 0 radical (unpaired) electrons. The van der Waals surface area contributed by atoms with Gasteiger partial charge >= 0.3 is 0 Å². The van der Waals surface area contributed by atoms with E-state index in [-0.39, 0.29) is 5.91 Å². The Bertz CT molecular complexity index is 736. The zero-order chi connectivity index (χ0) is 17.5. The van der Waals surface area contributed by atoms with Gasteiger partial charge in [-0.1, -0.05) is 48.8 Å². The minimum atomic E-state index is -0.211.